The van der Waals surface area contributed by atoms with Gasteiger partial charge in [-0.25, -0.2) is 9.37 Å². The Hall–Kier alpha value is -1.27. The molecule has 0 amide bonds. The fourth-order valence-electron chi connectivity index (χ4n) is 2.14. The number of morpholine rings is 1. The molecule has 5 nitrogen and oxygen atoms in total. The number of alkyl halides is 1. The number of nitrogens with one attached hydrogen (secondary N) is 1. The van der Waals surface area contributed by atoms with Crippen molar-refractivity contribution in [3.05, 3.63) is 18.1 Å². The average molecular weight is 255 g/mol. The lowest BCUT2D eigenvalue weighted by molar-refractivity contribution is 0.0453. The van der Waals surface area contributed by atoms with Gasteiger partial charge in [-0.3, -0.25) is 4.98 Å². The third-order valence-electron chi connectivity index (χ3n) is 2.98. The van der Waals surface area contributed by atoms with Crippen molar-refractivity contribution >= 4 is 0 Å². The largest absolute Gasteiger partial charge is 0.480 e. The molecule has 2 rings (SSSR count). The molecule has 2 unspecified atom stereocenters. The molecule has 0 radical (unpaired) electrons. The Kier molecular flexibility index (Phi) is 4.08. The number of aromatic nitrogens is 2. The molecule has 0 aromatic carbocycles. The number of nitrogens with zero attached hydrogens (tertiary/aromatic N) is 2. The second-order valence-electron chi connectivity index (χ2n) is 4.54. The molecule has 0 saturated carbocycles. The van der Waals surface area contributed by atoms with Crippen LogP contribution >= 0.6 is 0 Å². The number of halogens is 1. The summed E-state index contributed by atoms with van der Waals surface area (Å²) in [5, 5.41) is 3.23. The van der Waals surface area contributed by atoms with Crippen LogP contribution in [0.15, 0.2) is 12.4 Å². The van der Waals surface area contributed by atoms with Crippen LogP contribution in [0.4, 0.5) is 4.39 Å². The molecule has 0 aliphatic carbocycles. The maximum Gasteiger partial charge on any atom is 0.238 e. The van der Waals surface area contributed by atoms with Gasteiger partial charge in [-0.2, -0.15) is 0 Å². The van der Waals surface area contributed by atoms with Gasteiger partial charge in [0, 0.05) is 31.4 Å². The maximum atomic E-state index is 14.8. The highest BCUT2D eigenvalue weighted by Gasteiger charge is 2.35. The highest BCUT2D eigenvalue weighted by Crippen LogP contribution is 2.34. The van der Waals surface area contributed by atoms with Crippen molar-refractivity contribution in [3.63, 3.8) is 0 Å². The summed E-state index contributed by atoms with van der Waals surface area (Å²) in [5.41, 5.74) is -1.36. The normalized spacial score (nSPS) is 23.4. The van der Waals surface area contributed by atoms with E-state index in [2.05, 4.69) is 15.3 Å². The predicted octanol–water partition coefficient (Wildman–Crippen LogP) is 1.05. The van der Waals surface area contributed by atoms with Crippen LogP contribution in [0.1, 0.15) is 19.0 Å². The second kappa shape index (κ2) is 5.58. The van der Waals surface area contributed by atoms with Gasteiger partial charge in [0.15, 0.2) is 5.67 Å². The number of hydrogen-bond acceptors (Lipinski definition) is 5. The minimum Gasteiger partial charge on any atom is -0.480 e. The molecule has 0 bridgehead atoms. The van der Waals surface area contributed by atoms with E-state index in [9.17, 15) is 4.39 Å². The number of rotatable bonds is 4. The van der Waals surface area contributed by atoms with Crippen molar-refractivity contribution in [2.24, 2.45) is 0 Å². The molecule has 1 saturated heterocycles. The number of hydrogen-bond donors (Lipinski definition) is 1. The molecule has 1 aromatic heterocycles. The van der Waals surface area contributed by atoms with Crippen LogP contribution < -0.4 is 10.1 Å². The molecule has 0 spiro atoms. The Morgan fingerprint density at radius 2 is 2.33 bits per heavy atom. The summed E-state index contributed by atoms with van der Waals surface area (Å²) in [5.74, 6) is 0.235. The van der Waals surface area contributed by atoms with E-state index in [1.807, 2.05) is 0 Å². The first-order valence-corrected chi connectivity index (χ1v) is 5.99. The van der Waals surface area contributed by atoms with E-state index < -0.39 is 5.67 Å². The summed E-state index contributed by atoms with van der Waals surface area (Å²) in [6, 6.07) is -0.0135. The summed E-state index contributed by atoms with van der Waals surface area (Å²) in [7, 11) is 1.46. The van der Waals surface area contributed by atoms with Crippen LogP contribution in [0.2, 0.25) is 0 Å². The lowest BCUT2D eigenvalue weighted by Crippen LogP contribution is -2.44. The van der Waals surface area contributed by atoms with Gasteiger partial charge >= 0.3 is 0 Å². The topological polar surface area (TPSA) is 56.3 Å². The van der Waals surface area contributed by atoms with Crippen LogP contribution in [-0.2, 0) is 10.4 Å². The Balaban J connectivity index is 2.13. The summed E-state index contributed by atoms with van der Waals surface area (Å²) in [4.78, 5) is 8.04. The van der Waals surface area contributed by atoms with Crippen LogP contribution in [0, 0.1) is 0 Å². The third kappa shape index (κ3) is 2.94. The summed E-state index contributed by atoms with van der Waals surface area (Å²) >= 11 is 0. The van der Waals surface area contributed by atoms with Crippen molar-refractivity contribution in [1.82, 2.24) is 15.3 Å². The van der Waals surface area contributed by atoms with E-state index in [4.69, 9.17) is 9.47 Å². The standard InChI is InChI=1S/C12H18FN3O2/c1-12(13,7-9-8-18-6-5-14-9)10-11(17-2)16-4-3-15-10/h3-4,9,14H,5-8H2,1-2H3. The SMILES string of the molecule is COc1nccnc1C(C)(F)CC1COCCN1. The maximum absolute atomic E-state index is 14.8. The zero-order chi connectivity index (χ0) is 13.0. The highest BCUT2D eigenvalue weighted by molar-refractivity contribution is 5.24. The zero-order valence-electron chi connectivity index (χ0n) is 10.6. The Morgan fingerprint density at radius 3 is 3.00 bits per heavy atom. The summed E-state index contributed by atoms with van der Waals surface area (Å²) in [6.07, 6.45) is 3.24. The third-order valence-corrected chi connectivity index (χ3v) is 2.98. The summed E-state index contributed by atoms with van der Waals surface area (Å²) < 4.78 is 25.2. The Bertz CT molecular complexity index is 395. The molecule has 2 atom stereocenters. The molecule has 1 N–H and O–H groups in total. The highest BCUT2D eigenvalue weighted by atomic mass is 19.1. The van der Waals surface area contributed by atoms with Gasteiger partial charge in [0.25, 0.3) is 0 Å². The molecule has 100 valence electrons. The molecule has 2 heterocycles. The van der Waals surface area contributed by atoms with E-state index in [1.165, 1.54) is 26.4 Å². The van der Waals surface area contributed by atoms with Crippen LogP contribution in [-0.4, -0.2) is 42.9 Å². The quantitative estimate of drug-likeness (QED) is 0.871. The van der Waals surface area contributed by atoms with Gasteiger partial charge < -0.3 is 14.8 Å². The zero-order valence-corrected chi connectivity index (χ0v) is 10.6. The molecular formula is C12H18FN3O2. The summed E-state index contributed by atoms with van der Waals surface area (Å²) in [6.45, 7) is 3.43. The minimum absolute atomic E-state index is 0.0135. The molecule has 1 fully saturated rings. The van der Waals surface area contributed by atoms with Crippen LogP contribution in [0.5, 0.6) is 5.88 Å². The van der Waals surface area contributed by atoms with Gasteiger partial charge in [-0.15, -0.1) is 0 Å². The van der Waals surface area contributed by atoms with E-state index in [0.717, 1.165) is 6.54 Å². The lowest BCUT2D eigenvalue weighted by Gasteiger charge is -2.29. The average Bonchev–Trinajstić information content (AvgIpc) is 2.39. The lowest BCUT2D eigenvalue weighted by atomic mass is 9.95. The molecular weight excluding hydrogens is 237 g/mol. The molecule has 6 heteroatoms. The Labute approximate surface area is 106 Å². The molecule has 1 aromatic rings. The molecule has 1 aliphatic heterocycles. The van der Waals surface area contributed by atoms with Crippen molar-refractivity contribution < 1.29 is 13.9 Å². The van der Waals surface area contributed by atoms with E-state index in [1.54, 1.807) is 0 Å². The van der Waals surface area contributed by atoms with Crippen molar-refractivity contribution in [2.45, 2.75) is 25.1 Å². The van der Waals surface area contributed by atoms with Gasteiger partial charge in [0.1, 0.15) is 5.69 Å². The fourth-order valence-corrected chi connectivity index (χ4v) is 2.14. The number of methoxy groups -OCH3 is 1. The van der Waals surface area contributed by atoms with Gasteiger partial charge in [-0.1, -0.05) is 0 Å². The monoisotopic (exact) mass is 255 g/mol. The fraction of sp³-hybridized carbons (Fsp3) is 0.667. The van der Waals surface area contributed by atoms with Crippen molar-refractivity contribution in [2.75, 3.05) is 26.9 Å². The first-order chi connectivity index (χ1) is 8.63. The van der Waals surface area contributed by atoms with E-state index >= 15 is 0 Å². The van der Waals surface area contributed by atoms with Crippen LogP contribution in [0.25, 0.3) is 0 Å². The van der Waals surface area contributed by atoms with Crippen molar-refractivity contribution in [3.8, 4) is 5.88 Å². The predicted molar refractivity (Wildman–Crippen MR) is 64.3 cm³/mol. The smallest absolute Gasteiger partial charge is 0.238 e. The van der Waals surface area contributed by atoms with Crippen LogP contribution in [0.3, 0.4) is 0 Å². The molecule has 18 heavy (non-hydrogen) atoms. The Morgan fingerprint density at radius 1 is 1.56 bits per heavy atom. The van der Waals surface area contributed by atoms with E-state index in [-0.39, 0.29) is 24.0 Å². The molecule has 1 aliphatic rings. The first-order valence-electron chi connectivity index (χ1n) is 5.99. The van der Waals surface area contributed by atoms with Gasteiger partial charge in [0.05, 0.1) is 20.3 Å². The van der Waals surface area contributed by atoms with Gasteiger partial charge in [0.2, 0.25) is 5.88 Å². The van der Waals surface area contributed by atoms with E-state index in [0.29, 0.717) is 13.2 Å². The van der Waals surface area contributed by atoms with Gasteiger partial charge in [-0.05, 0) is 6.92 Å². The second-order valence-corrected chi connectivity index (χ2v) is 4.54. The number of ether oxygens (including phenoxy) is 2. The van der Waals surface area contributed by atoms with Crippen molar-refractivity contribution in [1.29, 1.82) is 0 Å². The first kappa shape index (κ1) is 13.2. The minimum atomic E-state index is -1.60.